The molecule has 0 saturated carbocycles. The SMILES string of the molecule is CCn1nnc2c1c(=O)nc(SC)n2Cc1ccc(Cl)cc1. The molecule has 114 valence electrons. The van der Waals surface area contributed by atoms with E-state index in [1.54, 1.807) is 4.68 Å². The van der Waals surface area contributed by atoms with Crippen molar-refractivity contribution in [1.29, 1.82) is 0 Å². The molecular weight excluding hydrogens is 322 g/mol. The van der Waals surface area contributed by atoms with Gasteiger partial charge in [0.15, 0.2) is 16.3 Å². The summed E-state index contributed by atoms with van der Waals surface area (Å²) in [4.78, 5) is 16.4. The Labute approximate surface area is 136 Å². The summed E-state index contributed by atoms with van der Waals surface area (Å²) in [5.74, 6) is 0. The molecular formula is C14H14ClN5OS. The monoisotopic (exact) mass is 335 g/mol. The molecule has 0 atom stereocenters. The minimum absolute atomic E-state index is 0.293. The van der Waals surface area contributed by atoms with Crippen molar-refractivity contribution in [2.75, 3.05) is 6.26 Å². The van der Waals surface area contributed by atoms with Gasteiger partial charge in [0, 0.05) is 11.6 Å². The second kappa shape index (κ2) is 6.10. The molecule has 0 radical (unpaired) electrons. The molecule has 0 spiro atoms. The summed E-state index contributed by atoms with van der Waals surface area (Å²) < 4.78 is 3.48. The maximum Gasteiger partial charge on any atom is 0.301 e. The van der Waals surface area contributed by atoms with E-state index in [1.807, 2.05) is 42.0 Å². The smallest absolute Gasteiger partial charge is 0.297 e. The molecule has 0 N–H and O–H groups in total. The second-order valence-electron chi connectivity index (χ2n) is 4.69. The van der Waals surface area contributed by atoms with E-state index in [0.717, 1.165) is 5.56 Å². The van der Waals surface area contributed by atoms with Crippen molar-refractivity contribution in [3.63, 3.8) is 0 Å². The van der Waals surface area contributed by atoms with Gasteiger partial charge in [-0.15, -0.1) is 5.10 Å². The molecule has 2 aromatic heterocycles. The van der Waals surface area contributed by atoms with Crippen molar-refractivity contribution in [3.05, 3.63) is 45.2 Å². The van der Waals surface area contributed by atoms with Crippen LogP contribution in [0.4, 0.5) is 0 Å². The molecule has 0 aliphatic carbocycles. The van der Waals surface area contributed by atoms with Gasteiger partial charge in [-0.25, -0.2) is 4.68 Å². The Bertz CT molecular complexity index is 871. The van der Waals surface area contributed by atoms with Crippen molar-refractivity contribution in [1.82, 2.24) is 24.5 Å². The van der Waals surface area contributed by atoms with Crippen molar-refractivity contribution in [2.24, 2.45) is 0 Å². The minimum Gasteiger partial charge on any atom is -0.297 e. The van der Waals surface area contributed by atoms with E-state index < -0.39 is 0 Å². The van der Waals surface area contributed by atoms with Gasteiger partial charge in [-0.2, -0.15) is 4.98 Å². The summed E-state index contributed by atoms with van der Waals surface area (Å²) >= 11 is 7.33. The zero-order valence-electron chi connectivity index (χ0n) is 12.2. The summed E-state index contributed by atoms with van der Waals surface area (Å²) in [5.41, 5.74) is 1.76. The number of halogens is 1. The van der Waals surface area contributed by atoms with Crippen LogP contribution in [0, 0.1) is 0 Å². The third-order valence-electron chi connectivity index (χ3n) is 3.34. The quantitative estimate of drug-likeness (QED) is 0.541. The van der Waals surface area contributed by atoms with Crippen LogP contribution in [0.5, 0.6) is 0 Å². The summed E-state index contributed by atoms with van der Waals surface area (Å²) in [6, 6.07) is 7.57. The van der Waals surface area contributed by atoms with Crippen molar-refractivity contribution >= 4 is 34.5 Å². The van der Waals surface area contributed by atoms with Gasteiger partial charge in [0.25, 0.3) is 0 Å². The van der Waals surface area contributed by atoms with Crippen LogP contribution >= 0.6 is 23.4 Å². The van der Waals surface area contributed by atoms with Crippen LogP contribution in [0.2, 0.25) is 5.02 Å². The molecule has 0 bridgehead atoms. The van der Waals surface area contributed by atoms with Crippen LogP contribution in [-0.4, -0.2) is 30.8 Å². The molecule has 0 saturated heterocycles. The molecule has 1 aromatic carbocycles. The van der Waals surface area contributed by atoms with Crippen molar-refractivity contribution in [3.8, 4) is 0 Å². The largest absolute Gasteiger partial charge is 0.301 e. The van der Waals surface area contributed by atoms with Crippen LogP contribution in [0.15, 0.2) is 34.2 Å². The minimum atomic E-state index is -0.293. The highest BCUT2D eigenvalue weighted by Crippen LogP contribution is 2.19. The zero-order valence-corrected chi connectivity index (χ0v) is 13.7. The maximum atomic E-state index is 12.2. The number of hydrogen-bond acceptors (Lipinski definition) is 5. The molecule has 3 rings (SSSR count). The zero-order chi connectivity index (χ0) is 15.7. The standard InChI is InChI=1S/C14H14ClN5OS/c1-3-20-11-12(17-18-20)19(14(22-2)16-13(11)21)8-9-4-6-10(15)7-5-9/h4-7H,3,8H2,1-2H3. The lowest BCUT2D eigenvalue weighted by molar-refractivity contribution is 0.644. The topological polar surface area (TPSA) is 65.6 Å². The molecule has 0 amide bonds. The van der Waals surface area contributed by atoms with E-state index in [4.69, 9.17) is 11.6 Å². The Balaban J connectivity index is 2.18. The highest BCUT2D eigenvalue weighted by Gasteiger charge is 2.16. The molecule has 2 heterocycles. The summed E-state index contributed by atoms with van der Waals surface area (Å²) in [5, 5.41) is 9.52. The van der Waals surface area contributed by atoms with Crippen LogP contribution < -0.4 is 5.56 Å². The predicted octanol–water partition coefficient (Wildman–Crippen LogP) is 2.43. The first kappa shape index (κ1) is 15.1. The molecule has 3 aromatic rings. The Morgan fingerprint density at radius 2 is 2.00 bits per heavy atom. The fraction of sp³-hybridized carbons (Fsp3) is 0.286. The lowest BCUT2D eigenvalue weighted by Gasteiger charge is -2.11. The highest BCUT2D eigenvalue weighted by atomic mass is 35.5. The summed E-state index contributed by atoms with van der Waals surface area (Å²) in [6.07, 6.45) is 1.89. The average Bonchev–Trinajstić information content (AvgIpc) is 2.96. The Morgan fingerprint density at radius 3 is 2.64 bits per heavy atom. The Morgan fingerprint density at radius 1 is 1.27 bits per heavy atom. The molecule has 0 aliphatic rings. The van der Waals surface area contributed by atoms with Gasteiger partial charge >= 0.3 is 5.56 Å². The third-order valence-corrected chi connectivity index (χ3v) is 4.27. The highest BCUT2D eigenvalue weighted by molar-refractivity contribution is 7.98. The van der Waals surface area contributed by atoms with E-state index in [9.17, 15) is 4.79 Å². The maximum absolute atomic E-state index is 12.2. The van der Waals surface area contributed by atoms with E-state index in [0.29, 0.717) is 34.4 Å². The Kier molecular flexibility index (Phi) is 4.17. The number of nitrogens with zero attached hydrogens (tertiary/aromatic N) is 5. The van der Waals surface area contributed by atoms with E-state index in [1.165, 1.54) is 11.8 Å². The van der Waals surface area contributed by atoms with Gasteiger partial charge in [0.1, 0.15) is 0 Å². The first-order chi connectivity index (χ1) is 10.6. The normalized spacial score (nSPS) is 11.2. The Hall–Kier alpha value is -1.86. The number of aryl methyl sites for hydroxylation is 1. The fourth-order valence-corrected chi connectivity index (χ4v) is 2.95. The molecule has 0 aliphatic heterocycles. The van der Waals surface area contributed by atoms with E-state index in [2.05, 4.69) is 15.3 Å². The average molecular weight is 336 g/mol. The molecule has 0 fully saturated rings. The van der Waals surface area contributed by atoms with Gasteiger partial charge in [-0.3, -0.25) is 9.36 Å². The second-order valence-corrected chi connectivity index (χ2v) is 5.90. The van der Waals surface area contributed by atoms with Crippen LogP contribution in [0.25, 0.3) is 11.2 Å². The van der Waals surface area contributed by atoms with Crippen molar-refractivity contribution in [2.45, 2.75) is 25.2 Å². The van der Waals surface area contributed by atoms with E-state index in [-0.39, 0.29) is 5.56 Å². The van der Waals surface area contributed by atoms with Gasteiger partial charge < -0.3 is 0 Å². The van der Waals surface area contributed by atoms with Gasteiger partial charge in [0.2, 0.25) is 0 Å². The van der Waals surface area contributed by atoms with Crippen LogP contribution in [0.1, 0.15) is 12.5 Å². The van der Waals surface area contributed by atoms with Crippen LogP contribution in [-0.2, 0) is 13.1 Å². The molecule has 0 unspecified atom stereocenters. The number of rotatable bonds is 4. The summed E-state index contributed by atoms with van der Waals surface area (Å²) in [7, 11) is 0. The first-order valence-electron chi connectivity index (χ1n) is 6.76. The molecule has 6 nitrogen and oxygen atoms in total. The molecule has 8 heteroatoms. The van der Waals surface area contributed by atoms with Crippen LogP contribution in [0.3, 0.4) is 0 Å². The number of fused-ring (bicyclic) bond motifs is 1. The van der Waals surface area contributed by atoms with Gasteiger partial charge in [-0.05, 0) is 30.9 Å². The van der Waals surface area contributed by atoms with Gasteiger partial charge in [-0.1, -0.05) is 40.7 Å². The predicted molar refractivity (Wildman–Crippen MR) is 87.6 cm³/mol. The lowest BCUT2D eigenvalue weighted by atomic mass is 10.2. The fourth-order valence-electron chi connectivity index (χ4n) is 2.27. The van der Waals surface area contributed by atoms with E-state index >= 15 is 0 Å². The van der Waals surface area contributed by atoms with Gasteiger partial charge in [0.05, 0.1) is 6.54 Å². The number of aromatic nitrogens is 5. The first-order valence-corrected chi connectivity index (χ1v) is 8.36. The van der Waals surface area contributed by atoms with Crippen molar-refractivity contribution < 1.29 is 0 Å². The molecule has 22 heavy (non-hydrogen) atoms. The number of thioether (sulfide) groups is 1. The number of hydrogen-bond donors (Lipinski definition) is 0. The number of benzene rings is 1. The summed E-state index contributed by atoms with van der Waals surface area (Å²) in [6.45, 7) is 3.05. The lowest BCUT2D eigenvalue weighted by Crippen LogP contribution is -2.18. The third kappa shape index (κ3) is 2.62.